The molecule has 238 valence electrons. The second-order valence-electron chi connectivity index (χ2n) is 13.4. The van der Waals surface area contributed by atoms with Crippen LogP contribution in [0.1, 0.15) is 11.1 Å². The fourth-order valence-electron chi connectivity index (χ4n) is 8.31. The molecule has 0 amide bonds. The zero-order valence-electron chi connectivity index (χ0n) is 27.7. The average Bonchev–Trinajstić information content (AvgIpc) is 3.85. The van der Waals surface area contributed by atoms with E-state index in [0.717, 1.165) is 46.0 Å². The van der Waals surface area contributed by atoms with Gasteiger partial charge >= 0.3 is 0 Å². The van der Waals surface area contributed by atoms with Gasteiger partial charge in [-0.25, -0.2) is 4.98 Å². The minimum absolute atomic E-state index is 0.821. The third-order valence-electron chi connectivity index (χ3n) is 10.6. The van der Waals surface area contributed by atoms with E-state index in [2.05, 4.69) is 173 Å². The Balaban J connectivity index is 1.02. The van der Waals surface area contributed by atoms with Crippen molar-refractivity contribution in [2.45, 2.75) is 6.42 Å². The molecule has 4 aromatic heterocycles. The van der Waals surface area contributed by atoms with Gasteiger partial charge in [0.2, 0.25) is 0 Å². The molecule has 4 nitrogen and oxygen atoms in total. The van der Waals surface area contributed by atoms with Crippen LogP contribution in [0, 0.1) is 0 Å². The van der Waals surface area contributed by atoms with E-state index in [9.17, 15) is 0 Å². The van der Waals surface area contributed by atoms with E-state index in [1.54, 1.807) is 0 Å². The van der Waals surface area contributed by atoms with Crippen LogP contribution in [-0.4, -0.2) is 19.1 Å². The lowest BCUT2D eigenvalue weighted by molar-refractivity contribution is 1.18. The van der Waals surface area contributed by atoms with E-state index in [1.165, 1.54) is 60.3 Å². The monoisotopic (exact) mass is 650 g/mol. The molecule has 51 heavy (non-hydrogen) atoms. The van der Waals surface area contributed by atoms with E-state index in [0.29, 0.717) is 0 Å². The predicted molar refractivity (Wildman–Crippen MR) is 210 cm³/mol. The van der Waals surface area contributed by atoms with Gasteiger partial charge in [-0.15, -0.1) is 0 Å². The summed E-state index contributed by atoms with van der Waals surface area (Å²) in [6, 6.07) is 58.7. The quantitative estimate of drug-likeness (QED) is 0.190. The Morgan fingerprint density at radius 3 is 1.86 bits per heavy atom. The summed E-state index contributed by atoms with van der Waals surface area (Å²) in [5.74, 6) is 0. The highest BCUT2D eigenvalue weighted by atomic mass is 15.0. The summed E-state index contributed by atoms with van der Waals surface area (Å²) in [5, 5.41) is 4.98. The van der Waals surface area contributed by atoms with Gasteiger partial charge in [0.15, 0.2) is 0 Å². The van der Waals surface area contributed by atoms with E-state index in [4.69, 9.17) is 9.97 Å². The molecule has 0 fully saturated rings. The lowest BCUT2D eigenvalue weighted by Gasteiger charge is -2.10. The summed E-state index contributed by atoms with van der Waals surface area (Å²) in [6.07, 6.45) is 2.86. The molecular weight excluding hydrogens is 621 g/mol. The summed E-state index contributed by atoms with van der Waals surface area (Å²) in [6.45, 7) is 0. The molecule has 0 N–H and O–H groups in total. The van der Waals surface area contributed by atoms with Gasteiger partial charge in [0.25, 0.3) is 0 Å². The summed E-state index contributed by atoms with van der Waals surface area (Å²) >= 11 is 0. The van der Waals surface area contributed by atoms with Crippen LogP contribution in [0.5, 0.6) is 0 Å². The Kier molecular flexibility index (Phi) is 5.98. The molecule has 0 saturated carbocycles. The Morgan fingerprint density at radius 1 is 0.431 bits per heavy atom. The van der Waals surface area contributed by atoms with Crippen molar-refractivity contribution in [2.24, 2.45) is 0 Å². The number of nitrogens with zero attached hydrogens (tertiary/aromatic N) is 4. The summed E-state index contributed by atoms with van der Waals surface area (Å²) < 4.78 is 4.73. The summed E-state index contributed by atoms with van der Waals surface area (Å²) in [7, 11) is 0. The molecule has 1 aliphatic carbocycles. The van der Waals surface area contributed by atoms with Gasteiger partial charge in [-0.2, -0.15) is 0 Å². The Bertz CT molecular complexity index is 2990. The zero-order chi connectivity index (χ0) is 33.5. The van der Waals surface area contributed by atoms with Crippen molar-refractivity contribution in [3.05, 3.63) is 181 Å². The number of aromatic nitrogens is 4. The van der Waals surface area contributed by atoms with Crippen LogP contribution in [0.15, 0.2) is 170 Å². The highest BCUT2D eigenvalue weighted by molar-refractivity contribution is 6.16. The van der Waals surface area contributed by atoms with Crippen LogP contribution < -0.4 is 0 Å². The number of para-hydroxylation sites is 4. The lowest BCUT2D eigenvalue weighted by atomic mass is 9.99. The molecule has 0 bridgehead atoms. The summed E-state index contributed by atoms with van der Waals surface area (Å²) in [5.41, 5.74) is 15.9. The number of benzene rings is 6. The van der Waals surface area contributed by atoms with Crippen molar-refractivity contribution in [2.75, 3.05) is 0 Å². The molecule has 0 unspecified atom stereocenters. The Labute approximate surface area is 294 Å². The van der Waals surface area contributed by atoms with Gasteiger partial charge in [-0.1, -0.05) is 103 Å². The maximum atomic E-state index is 5.28. The number of fused-ring (bicyclic) bond motifs is 9. The molecule has 4 heterocycles. The fourth-order valence-corrected chi connectivity index (χ4v) is 8.31. The van der Waals surface area contributed by atoms with Crippen LogP contribution >= 0.6 is 0 Å². The van der Waals surface area contributed by atoms with Crippen molar-refractivity contribution >= 4 is 43.6 Å². The van der Waals surface area contributed by atoms with Crippen molar-refractivity contribution in [1.29, 1.82) is 0 Å². The molecule has 0 spiro atoms. The van der Waals surface area contributed by atoms with Gasteiger partial charge in [0.05, 0.1) is 39.1 Å². The SMILES string of the molecule is c1ccc(-n2c3ccccc3c3ccc(-c4ccc5c(n4)-c4ncc(-c6cccc7c6c6ccccc6n7-c6ccccc6)cc4C5)cc32)cc1. The molecule has 4 heteroatoms. The summed E-state index contributed by atoms with van der Waals surface area (Å²) in [4.78, 5) is 10.4. The molecule has 1 aliphatic rings. The topological polar surface area (TPSA) is 35.6 Å². The first kappa shape index (κ1) is 28.1. The number of hydrogen-bond donors (Lipinski definition) is 0. The number of pyridine rings is 2. The maximum absolute atomic E-state index is 5.28. The van der Waals surface area contributed by atoms with Crippen LogP contribution in [0.2, 0.25) is 0 Å². The van der Waals surface area contributed by atoms with Crippen LogP contribution in [0.25, 0.3) is 88.8 Å². The molecule has 0 radical (unpaired) electrons. The third kappa shape index (κ3) is 4.20. The van der Waals surface area contributed by atoms with E-state index < -0.39 is 0 Å². The van der Waals surface area contributed by atoms with E-state index >= 15 is 0 Å². The van der Waals surface area contributed by atoms with Crippen molar-refractivity contribution in [3.63, 3.8) is 0 Å². The van der Waals surface area contributed by atoms with Crippen molar-refractivity contribution < 1.29 is 0 Å². The molecule has 0 saturated heterocycles. The third-order valence-corrected chi connectivity index (χ3v) is 10.6. The smallest absolute Gasteiger partial charge is 0.0931 e. The van der Waals surface area contributed by atoms with E-state index in [1.807, 2.05) is 6.20 Å². The first-order valence-corrected chi connectivity index (χ1v) is 17.5. The molecular formula is C47H30N4. The van der Waals surface area contributed by atoms with Gasteiger partial charge in [0.1, 0.15) is 0 Å². The highest BCUT2D eigenvalue weighted by Crippen LogP contribution is 2.42. The first-order valence-electron chi connectivity index (χ1n) is 17.5. The van der Waals surface area contributed by atoms with Crippen LogP contribution in [-0.2, 0) is 6.42 Å². The van der Waals surface area contributed by atoms with Gasteiger partial charge in [-0.05, 0) is 77.4 Å². The molecule has 11 rings (SSSR count). The standard InChI is InChI=1S/C47H30N4/c1-3-12-34(13-4-1)50-42-20-10-8-17-39(42)45-36(18-11-21-43(45)50)33-27-32-26-31-23-25-40(49-47(31)46(32)48-29-33)30-22-24-38-37-16-7-9-19-41(37)51(44(38)28-30)35-14-5-2-6-15-35/h1-25,27-29H,26H2. The first-order chi connectivity index (χ1) is 25.3. The fraction of sp³-hybridized carbons (Fsp3) is 0.0213. The van der Waals surface area contributed by atoms with Gasteiger partial charge < -0.3 is 9.13 Å². The molecule has 10 aromatic rings. The Morgan fingerprint density at radius 2 is 1.08 bits per heavy atom. The number of hydrogen-bond acceptors (Lipinski definition) is 2. The minimum atomic E-state index is 0.821. The highest BCUT2D eigenvalue weighted by Gasteiger charge is 2.24. The zero-order valence-corrected chi connectivity index (χ0v) is 27.7. The normalized spacial score (nSPS) is 12.2. The van der Waals surface area contributed by atoms with Crippen molar-refractivity contribution in [1.82, 2.24) is 19.1 Å². The minimum Gasteiger partial charge on any atom is -0.309 e. The Hall–Kier alpha value is -6.78. The van der Waals surface area contributed by atoms with Crippen molar-refractivity contribution in [3.8, 4) is 45.1 Å². The van der Waals surface area contributed by atoms with Crippen LogP contribution in [0.4, 0.5) is 0 Å². The molecule has 6 aromatic carbocycles. The largest absolute Gasteiger partial charge is 0.309 e. The lowest BCUT2D eigenvalue weighted by Crippen LogP contribution is -1.94. The van der Waals surface area contributed by atoms with E-state index in [-0.39, 0.29) is 0 Å². The maximum Gasteiger partial charge on any atom is 0.0931 e. The second-order valence-corrected chi connectivity index (χ2v) is 13.4. The molecule has 0 atom stereocenters. The van der Waals surface area contributed by atoms with Gasteiger partial charge in [-0.3, -0.25) is 4.98 Å². The van der Waals surface area contributed by atoms with Crippen LogP contribution in [0.3, 0.4) is 0 Å². The average molecular weight is 651 g/mol. The second kappa shape index (κ2) is 10.9. The molecule has 0 aliphatic heterocycles. The predicted octanol–water partition coefficient (Wildman–Crippen LogP) is 11.6. The van der Waals surface area contributed by atoms with Gasteiger partial charge in [0, 0.05) is 56.7 Å². The number of rotatable bonds is 4.